The summed E-state index contributed by atoms with van der Waals surface area (Å²) in [5.41, 5.74) is 2.03. The fourth-order valence-corrected chi connectivity index (χ4v) is 3.33. The topological polar surface area (TPSA) is 64.1 Å². The number of amides is 1. The van der Waals surface area contributed by atoms with Crippen LogP contribution in [0.2, 0.25) is 5.02 Å². The molecule has 0 aliphatic rings. The molecule has 3 rings (SSSR count). The lowest BCUT2D eigenvalue weighted by atomic mass is 10.2. The van der Waals surface area contributed by atoms with E-state index < -0.39 is 0 Å². The first kappa shape index (κ1) is 16.9. The Kier molecular flexibility index (Phi) is 5.13. The van der Waals surface area contributed by atoms with Crippen LogP contribution in [-0.4, -0.2) is 23.0 Å². The van der Waals surface area contributed by atoms with E-state index in [9.17, 15) is 4.79 Å². The van der Waals surface area contributed by atoms with Crippen LogP contribution in [0, 0.1) is 0 Å². The number of hydrogen-bond donors (Lipinski definition) is 1. The highest BCUT2D eigenvalue weighted by molar-refractivity contribution is 9.10. The van der Waals surface area contributed by atoms with Gasteiger partial charge in [-0.1, -0.05) is 11.6 Å². The maximum Gasteiger partial charge on any atom is 0.259 e. The molecule has 0 aliphatic heterocycles. The number of halogens is 2. The van der Waals surface area contributed by atoms with E-state index in [0.717, 1.165) is 15.7 Å². The molecule has 2 heterocycles. The van der Waals surface area contributed by atoms with Crippen molar-refractivity contribution in [3.63, 3.8) is 0 Å². The molecule has 0 saturated heterocycles. The number of pyridine rings is 1. The normalized spacial score (nSPS) is 10.5. The van der Waals surface area contributed by atoms with Gasteiger partial charge in [0.15, 0.2) is 5.13 Å². The van der Waals surface area contributed by atoms with Gasteiger partial charge >= 0.3 is 0 Å². The Morgan fingerprint density at radius 3 is 2.88 bits per heavy atom. The number of aromatic nitrogens is 2. The van der Waals surface area contributed by atoms with Crippen LogP contribution >= 0.6 is 38.9 Å². The minimum Gasteiger partial charge on any atom is -0.495 e. The second-order valence-corrected chi connectivity index (χ2v) is 6.91. The number of anilines is 1. The number of carbonyl (C=O) groups is 1. The van der Waals surface area contributed by atoms with E-state index in [1.807, 2.05) is 11.4 Å². The molecule has 0 bridgehead atoms. The SMILES string of the molecule is COc1ccc(-c2csc(NC(=O)c3cncc(Br)c3)n2)cc1Cl. The summed E-state index contributed by atoms with van der Waals surface area (Å²) in [5, 5.41) is 5.63. The summed E-state index contributed by atoms with van der Waals surface area (Å²) in [6.07, 6.45) is 3.11. The van der Waals surface area contributed by atoms with Gasteiger partial charge in [-0.3, -0.25) is 15.1 Å². The van der Waals surface area contributed by atoms with Crippen LogP contribution < -0.4 is 10.1 Å². The first-order valence-electron chi connectivity index (χ1n) is 6.78. The summed E-state index contributed by atoms with van der Waals surface area (Å²) in [5.74, 6) is 0.337. The first-order valence-corrected chi connectivity index (χ1v) is 8.83. The van der Waals surface area contributed by atoms with Gasteiger partial charge in [-0.15, -0.1) is 11.3 Å². The highest BCUT2D eigenvalue weighted by atomic mass is 79.9. The summed E-state index contributed by atoms with van der Waals surface area (Å²) in [4.78, 5) is 20.6. The molecule has 1 amide bonds. The smallest absolute Gasteiger partial charge is 0.259 e. The lowest BCUT2D eigenvalue weighted by Crippen LogP contribution is -2.11. The van der Waals surface area contributed by atoms with Crippen LogP contribution in [0.15, 0.2) is 46.5 Å². The van der Waals surface area contributed by atoms with Crippen molar-refractivity contribution in [3.05, 3.63) is 57.1 Å². The zero-order valence-electron chi connectivity index (χ0n) is 12.4. The van der Waals surface area contributed by atoms with Gasteiger partial charge < -0.3 is 4.74 Å². The van der Waals surface area contributed by atoms with E-state index in [1.165, 1.54) is 17.5 Å². The Labute approximate surface area is 155 Å². The number of rotatable bonds is 4. The van der Waals surface area contributed by atoms with Gasteiger partial charge in [0.05, 0.1) is 23.4 Å². The molecule has 0 radical (unpaired) electrons. The molecule has 0 unspecified atom stereocenters. The second kappa shape index (κ2) is 7.29. The van der Waals surface area contributed by atoms with Crippen molar-refractivity contribution >= 4 is 49.9 Å². The number of nitrogens with one attached hydrogen (secondary N) is 1. The van der Waals surface area contributed by atoms with E-state index in [1.54, 1.807) is 31.5 Å². The molecule has 2 aromatic heterocycles. The molecule has 1 N–H and O–H groups in total. The highest BCUT2D eigenvalue weighted by Gasteiger charge is 2.12. The molecule has 5 nitrogen and oxygen atoms in total. The van der Waals surface area contributed by atoms with Crippen molar-refractivity contribution in [2.24, 2.45) is 0 Å². The summed E-state index contributed by atoms with van der Waals surface area (Å²) in [7, 11) is 1.56. The lowest BCUT2D eigenvalue weighted by molar-refractivity contribution is 0.102. The molecule has 0 spiro atoms. The predicted molar refractivity (Wildman–Crippen MR) is 99.0 cm³/mol. The summed E-state index contributed by atoms with van der Waals surface area (Å²) in [6, 6.07) is 7.12. The van der Waals surface area contributed by atoms with Crippen LogP contribution in [0.25, 0.3) is 11.3 Å². The van der Waals surface area contributed by atoms with Crippen molar-refractivity contribution < 1.29 is 9.53 Å². The van der Waals surface area contributed by atoms with Crippen LogP contribution in [0.5, 0.6) is 5.75 Å². The van der Waals surface area contributed by atoms with Crippen molar-refractivity contribution in [1.82, 2.24) is 9.97 Å². The van der Waals surface area contributed by atoms with Crippen molar-refractivity contribution in [3.8, 4) is 17.0 Å². The van der Waals surface area contributed by atoms with E-state index in [2.05, 4.69) is 31.2 Å². The van der Waals surface area contributed by atoms with Crippen LogP contribution in [0.4, 0.5) is 5.13 Å². The largest absolute Gasteiger partial charge is 0.495 e. The van der Waals surface area contributed by atoms with Gasteiger partial charge in [0, 0.05) is 27.8 Å². The number of carbonyl (C=O) groups excluding carboxylic acids is 1. The molecule has 24 heavy (non-hydrogen) atoms. The third-order valence-corrected chi connectivity index (χ3v) is 4.63. The maximum atomic E-state index is 12.2. The number of thiazole rings is 1. The zero-order valence-corrected chi connectivity index (χ0v) is 15.6. The standard InChI is InChI=1S/C16H11BrClN3O2S/c1-23-14-3-2-9(5-12(14)18)13-8-24-16(20-13)21-15(22)10-4-11(17)7-19-6-10/h2-8H,1H3,(H,20,21,22). The molecule has 122 valence electrons. The van der Waals surface area contributed by atoms with E-state index in [4.69, 9.17) is 16.3 Å². The quantitative estimate of drug-likeness (QED) is 0.648. The molecule has 0 saturated carbocycles. The minimum atomic E-state index is -0.266. The summed E-state index contributed by atoms with van der Waals surface area (Å²) in [6.45, 7) is 0. The van der Waals surface area contributed by atoms with Gasteiger partial charge in [-0.25, -0.2) is 4.98 Å². The van der Waals surface area contributed by atoms with Crippen molar-refractivity contribution in [2.75, 3.05) is 12.4 Å². The Balaban J connectivity index is 1.78. The van der Waals surface area contributed by atoms with Crippen LogP contribution in [0.3, 0.4) is 0 Å². The van der Waals surface area contributed by atoms with Crippen molar-refractivity contribution in [1.29, 1.82) is 0 Å². The fourth-order valence-electron chi connectivity index (χ4n) is 1.99. The number of ether oxygens (including phenoxy) is 1. The maximum absolute atomic E-state index is 12.2. The van der Waals surface area contributed by atoms with E-state index in [0.29, 0.717) is 21.5 Å². The van der Waals surface area contributed by atoms with Crippen LogP contribution in [-0.2, 0) is 0 Å². The van der Waals surface area contributed by atoms with Gasteiger partial charge in [-0.2, -0.15) is 0 Å². The highest BCUT2D eigenvalue weighted by Crippen LogP contribution is 2.31. The molecule has 0 aliphatic carbocycles. The molecule has 8 heteroatoms. The van der Waals surface area contributed by atoms with Crippen LogP contribution in [0.1, 0.15) is 10.4 Å². The Bertz CT molecular complexity index is 901. The van der Waals surface area contributed by atoms with Gasteiger partial charge in [0.1, 0.15) is 5.75 Å². The number of hydrogen-bond acceptors (Lipinski definition) is 5. The summed E-state index contributed by atoms with van der Waals surface area (Å²) >= 11 is 10.8. The van der Waals surface area contributed by atoms with Crippen molar-refractivity contribution in [2.45, 2.75) is 0 Å². The summed E-state index contributed by atoms with van der Waals surface area (Å²) < 4.78 is 5.87. The average Bonchev–Trinajstić information content (AvgIpc) is 3.03. The minimum absolute atomic E-state index is 0.266. The molecule has 3 aromatic rings. The Morgan fingerprint density at radius 1 is 1.33 bits per heavy atom. The third kappa shape index (κ3) is 3.75. The molecular formula is C16H11BrClN3O2S. The van der Waals surface area contributed by atoms with E-state index in [-0.39, 0.29) is 5.91 Å². The number of benzene rings is 1. The fraction of sp³-hybridized carbons (Fsp3) is 0.0625. The second-order valence-electron chi connectivity index (χ2n) is 4.73. The zero-order chi connectivity index (χ0) is 17.1. The lowest BCUT2D eigenvalue weighted by Gasteiger charge is -2.04. The molecular weight excluding hydrogens is 414 g/mol. The Hall–Kier alpha value is -1.96. The monoisotopic (exact) mass is 423 g/mol. The molecule has 1 aromatic carbocycles. The van der Waals surface area contributed by atoms with Gasteiger partial charge in [0.25, 0.3) is 5.91 Å². The Morgan fingerprint density at radius 2 is 2.17 bits per heavy atom. The molecule has 0 atom stereocenters. The average molecular weight is 425 g/mol. The van der Waals surface area contributed by atoms with Gasteiger partial charge in [0.2, 0.25) is 0 Å². The molecule has 0 fully saturated rings. The van der Waals surface area contributed by atoms with E-state index >= 15 is 0 Å². The third-order valence-electron chi connectivity index (χ3n) is 3.14. The first-order chi connectivity index (χ1) is 11.6. The number of methoxy groups -OCH3 is 1. The predicted octanol–water partition coefficient (Wildman–Crippen LogP) is 4.88. The van der Waals surface area contributed by atoms with Gasteiger partial charge in [-0.05, 0) is 40.2 Å². The number of nitrogens with zero attached hydrogens (tertiary/aromatic N) is 2.